The standard InChI is InChI=1S/C22H19ClN4O5S/c1-32-22-10-6-5-9-20(22)26-33(30,31)18-11-12-19(21(14-18)27(28)29)25-24-15-17(23)13-16-7-3-2-4-8-16/h2-15,25-26H,1H3. The predicted molar refractivity (Wildman–Crippen MR) is 129 cm³/mol. The molecule has 0 aliphatic rings. The van der Waals surface area contributed by atoms with E-state index in [9.17, 15) is 18.5 Å². The van der Waals surface area contributed by atoms with Crippen molar-refractivity contribution in [3.63, 3.8) is 0 Å². The van der Waals surface area contributed by atoms with Gasteiger partial charge in [0.05, 0.1) is 33.9 Å². The lowest BCUT2D eigenvalue weighted by Gasteiger charge is -2.12. The number of halogens is 1. The maximum absolute atomic E-state index is 12.8. The van der Waals surface area contributed by atoms with Crippen molar-refractivity contribution in [1.82, 2.24) is 0 Å². The fraction of sp³-hybridized carbons (Fsp3) is 0.0455. The molecule has 0 aliphatic heterocycles. The van der Waals surface area contributed by atoms with Gasteiger partial charge in [-0.1, -0.05) is 54.1 Å². The Morgan fingerprint density at radius 2 is 1.76 bits per heavy atom. The summed E-state index contributed by atoms with van der Waals surface area (Å²) in [6.45, 7) is 0. The second-order valence-corrected chi connectivity index (χ2v) is 8.67. The number of hydrazone groups is 1. The number of nitro benzene ring substituents is 1. The van der Waals surface area contributed by atoms with Crippen LogP contribution in [0.4, 0.5) is 17.1 Å². The molecule has 11 heteroatoms. The summed E-state index contributed by atoms with van der Waals surface area (Å²) in [4.78, 5) is 10.5. The fourth-order valence-corrected chi connectivity index (χ4v) is 4.03. The van der Waals surface area contributed by atoms with Crippen LogP contribution in [-0.4, -0.2) is 26.7 Å². The van der Waals surface area contributed by atoms with Gasteiger partial charge in [0, 0.05) is 6.07 Å². The summed E-state index contributed by atoms with van der Waals surface area (Å²) in [5, 5.41) is 15.7. The summed E-state index contributed by atoms with van der Waals surface area (Å²) in [5.41, 5.74) is 3.11. The Morgan fingerprint density at radius 1 is 1.06 bits per heavy atom. The van der Waals surface area contributed by atoms with Crippen molar-refractivity contribution in [2.75, 3.05) is 17.3 Å². The van der Waals surface area contributed by atoms with E-state index in [0.717, 1.165) is 11.6 Å². The molecule has 3 aromatic rings. The molecule has 0 aromatic heterocycles. The Hall–Kier alpha value is -3.89. The molecule has 0 saturated carbocycles. The molecule has 0 bridgehead atoms. The van der Waals surface area contributed by atoms with Gasteiger partial charge in [0.15, 0.2) is 0 Å². The van der Waals surface area contributed by atoms with Crippen LogP contribution in [0.3, 0.4) is 0 Å². The van der Waals surface area contributed by atoms with Crippen LogP contribution in [0.25, 0.3) is 6.08 Å². The SMILES string of the molecule is COc1ccccc1NS(=O)(=O)c1ccc(NN=CC(Cl)=Cc2ccccc2)c([N+](=O)[O-])c1. The summed E-state index contributed by atoms with van der Waals surface area (Å²) in [6, 6.07) is 19.1. The van der Waals surface area contributed by atoms with Crippen LogP contribution in [-0.2, 0) is 10.0 Å². The first-order valence-corrected chi connectivity index (χ1v) is 11.3. The highest BCUT2D eigenvalue weighted by Gasteiger charge is 2.22. The van der Waals surface area contributed by atoms with Gasteiger partial charge < -0.3 is 4.74 Å². The smallest absolute Gasteiger partial charge is 0.295 e. The van der Waals surface area contributed by atoms with E-state index in [-0.39, 0.29) is 21.3 Å². The van der Waals surface area contributed by atoms with Crippen molar-refractivity contribution in [2.24, 2.45) is 5.10 Å². The number of sulfonamides is 1. The van der Waals surface area contributed by atoms with Gasteiger partial charge in [-0.05, 0) is 35.9 Å². The lowest BCUT2D eigenvalue weighted by atomic mass is 10.2. The fourth-order valence-electron chi connectivity index (χ4n) is 2.77. The number of anilines is 2. The number of allylic oxidation sites excluding steroid dienone is 1. The van der Waals surface area contributed by atoms with Gasteiger partial charge in [-0.3, -0.25) is 20.3 Å². The van der Waals surface area contributed by atoms with Crippen LogP contribution in [0.5, 0.6) is 5.75 Å². The van der Waals surface area contributed by atoms with Gasteiger partial charge in [-0.25, -0.2) is 8.42 Å². The van der Waals surface area contributed by atoms with Gasteiger partial charge in [0.2, 0.25) is 0 Å². The number of hydrogen-bond donors (Lipinski definition) is 2. The van der Waals surface area contributed by atoms with E-state index in [4.69, 9.17) is 16.3 Å². The third-order valence-electron chi connectivity index (χ3n) is 4.30. The number of hydrogen-bond acceptors (Lipinski definition) is 7. The molecule has 9 nitrogen and oxygen atoms in total. The minimum absolute atomic E-state index is 0.00308. The Kier molecular flexibility index (Phi) is 7.65. The van der Waals surface area contributed by atoms with Crippen molar-refractivity contribution >= 4 is 51.0 Å². The monoisotopic (exact) mass is 486 g/mol. The number of ether oxygens (including phenoxy) is 1. The molecular weight excluding hydrogens is 468 g/mol. The lowest BCUT2D eigenvalue weighted by molar-refractivity contribution is -0.384. The maximum atomic E-state index is 12.8. The molecule has 0 atom stereocenters. The zero-order chi connectivity index (χ0) is 23.8. The second-order valence-electron chi connectivity index (χ2n) is 6.55. The molecule has 3 aromatic carbocycles. The third kappa shape index (κ3) is 6.31. The third-order valence-corrected chi connectivity index (χ3v) is 5.87. The summed E-state index contributed by atoms with van der Waals surface area (Å²) < 4.78 is 33.0. The molecule has 0 spiro atoms. The topological polar surface area (TPSA) is 123 Å². The minimum Gasteiger partial charge on any atom is -0.495 e. The number of nitro groups is 1. The van der Waals surface area contributed by atoms with E-state index < -0.39 is 20.6 Å². The highest BCUT2D eigenvalue weighted by atomic mass is 35.5. The molecule has 0 radical (unpaired) electrons. The van der Waals surface area contributed by atoms with E-state index in [1.165, 1.54) is 31.5 Å². The van der Waals surface area contributed by atoms with Crippen LogP contribution in [0.1, 0.15) is 5.56 Å². The molecule has 3 rings (SSSR count). The molecule has 0 amide bonds. The number of nitrogens with zero attached hydrogens (tertiary/aromatic N) is 2. The van der Waals surface area contributed by atoms with Gasteiger partial charge in [0.25, 0.3) is 15.7 Å². The van der Waals surface area contributed by atoms with E-state index in [2.05, 4.69) is 15.2 Å². The molecule has 2 N–H and O–H groups in total. The second kappa shape index (κ2) is 10.6. The number of benzene rings is 3. The van der Waals surface area contributed by atoms with Crippen LogP contribution in [0.15, 0.2) is 87.8 Å². The zero-order valence-corrected chi connectivity index (χ0v) is 18.9. The van der Waals surface area contributed by atoms with Gasteiger partial charge in [-0.2, -0.15) is 5.10 Å². The number of rotatable bonds is 9. The summed E-state index contributed by atoms with van der Waals surface area (Å²) in [6.07, 6.45) is 2.95. The van der Waals surface area contributed by atoms with Crippen molar-refractivity contribution in [3.05, 3.63) is 93.5 Å². The van der Waals surface area contributed by atoms with Crippen LogP contribution in [0.2, 0.25) is 0 Å². The Balaban J connectivity index is 1.81. The maximum Gasteiger partial charge on any atom is 0.295 e. The minimum atomic E-state index is -4.12. The van der Waals surface area contributed by atoms with Gasteiger partial charge in [0.1, 0.15) is 11.4 Å². The van der Waals surface area contributed by atoms with Crippen LogP contribution in [0, 0.1) is 10.1 Å². The summed E-state index contributed by atoms with van der Waals surface area (Å²) in [7, 11) is -2.72. The number of para-hydroxylation sites is 2. The van der Waals surface area contributed by atoms with Crippen molar-refractivity contribution in [3.8, 4) is 5.75 Å². The Bertz CT molecular complexity index is 1310. The molecule has 0 saturated heterocycles. The molecule has 0 unspecified atom stereocenters. The summed E-state index contributed by atoms with van der Waals surface area (Å²) in [5.74, 6) is 0.309. The lowest BCUT2D eigenvalue weighted by Crippen LogP contribution is -2.14. The van der Waals surface area contributed by atoms with E-state index in [1.54, 1.807) is 24.3 Å². The molecule has 170 valence electrons. The zero-order valence-electron chi connectivity index (χ0n) is 17.3. The molecule has 0 heterocycles. The van der Waals surface area contributed by atoms with E-state index >= 15 is 0 Å². The first-order valence-electron chi connectivity index (χ1n) is 9.46. The number of nitrogens with one attached hydrogen (secondary N) is 2. The van der Waals surface area contributed by atoms with Crippen molar-refractivity contribution < 1.29 is 18.1 Å². The first kappa shape index (κ1) is 23.8. The van der Waals surface area contributed by atoms with Crippen molar-refractivity contribution in [2.45, 2.75) is 4.90 Å². The highest BCUT2D eigenvalue weighted by molar-refractivity contribution is 7.92. The van der Waals surface area contributed by atoms with Gasteiger partial charge in [-0.15, -0.1) is 0 Å². The largest absolute Gasteiger partial charge is 0.495 e. The average molecular weight is 487 g/mol. The first-order chi connectivity index (χ1) is 15.8. The molecule has 0 aliphatic carbocycles. The van der Waals surface area contributed by atoms with Crippen LogP contribution < -0.4 is 14.9 Å². The molecular formula is C22H19ClN4O5S. The van der Waals surface area contributed by atoms with E-state index in [1.807, 2.05) is 30.3 Å². The van der Waals surface area contributed by atoms with Crippen LogP contribution >= 0.6 is 11.6 Å². The predicted octanol–water partition coefficient (Wildman–Crippen LogP) is 5.08. The highest BCUT2D eigenvalue weighted by Crippen LogP contribution is 2.30. The Labute approximate surface area is 195 Å². The number of methoxy groups -OCH3 is 1. The summed E-state index contributed by atoms with van der Waals surface area (Å²) >= 11 is 6.11. The van der Waals surface area contributed by atoms with Gasteiger partial charge >= 0.3 is 0 Å². The Morgan fingerprint density at radius 3 is 2.45 bits per heavy atom. The van der Waals surface area contributed by atoms with Crippen molar-refractivity contribution in [1.29, 1.82) is 0 Å². The van der Waals surface area contributed by atoms with E-state index in [0.29, 0.717) is 5.75 Å². The molecule has 33 heavy (non-hydrogen) atoms. The quantitative estimate of drug-likeness (QED) is 0.247. The molecule has 0 fully saturated rings. The normalized spacial score (nSPS) is 11.9. The average Bonchev–Trinajstić information content (AvgIpc) is 2.79.